The maximum atomic E-state index is 12.4. The number of hydrogen-bond acceptors (Lipinski definition) is 5. The Morgan fingerprint density at radius 1 is 1.16 bits per heavy atom. The van der Waals surface area contributed by atoms with E-state index in [1.807, 2.05) is 41.1 Å². The third-order valence-corrected chi connectivity index (χ3v) is 4.07. The van der Waals surface area contributed by atoms with E-state index in [1.165, 1.54) is 0 Å². The van der Waals surface area contributed by atoms with Crippen LogP contribution in [0.3, 0.4) is 0 Å². The van der Waals surface area contributed by atoms with Crippen LogP contribution in [0.25, 0.3) is 27.5 Å². The van der Waals surface area contributed by atoms with Gasteiger partial charge in [-0.25, -0.2) is 4.79 Å². The smallest absolute Gasteiger partial charge is 0.356 e. The van der Waals surface area contributed by atoms with E-state index in [-0.39, 0.29) is 0 Å². The molecule has 2 heterocycles. The topological polar surface area (TPSA) is 82.0 Å². The molecule has 0 atom stereocenters. The molecule has 0 aliphatic rings. The number of hydrogen-bond donors (Lipinski definition) is 1. The van der Waals surface area contributed by atoms with Gasteiger partial charge in [0.1, 0.15) is 11.4 Å². The van der Waals surface area contributed by atoms with Crippen molar-refractivity contribution in [3.05, 3.63) is 48.3 Å². The fourth-order valence-electron chi connectivity index (χ4n) is 2.92. The van der Waals surface area contributed by atoms with E-state index in [2.05, 4.69) is 15.3 Å². The molecule has 4 rings (SSSR count). The highest BCUT2D eigenvalue weighted by atomic mass is 16.5. The number of benzene rings is 2. The summed E-state index contributed by atoms with van der Waals surface area (Å²) in [5, 5.41) is 12.9. The van der Waals surface area contributed by atoms with E-state index >= 15 is 0 Å². The first-order valence-corrected chi connectivity index (χ1v) is 7.89. The summed E-state index contributed by atoms with van der Waals surface area (Å²) in [6, 6.07) is 11.2. The van der Waals surface area contributed by atoms with Crippen molar-refractivity contribution in [3.8, 4) is 11.4 Å². The van der Waals surface area contributed by atoms with Gasteiger partial charge in [0, 0.05) is 10.8 Å². The van der Waals surface area contributed by atoms with Crippen molar-refractivity contribution in [3.63, 3.8) is 0 Å². The highest BCUT2D eigenvalue weighted by Crippen LogP contribution is 2.29. The van der Waals surface area contributed by atoms with Crippen LogP contribution in [0.2, 0.25) is 0 Å². The number of aromatic nitrogens is 4. The first-order chi connectivity index (χ1) is 12.2. The number of rotatable bonds is 4. The second-order valence-electron chi connectivity index (χ2n) is 5.48. The highest BCUT2D eigenvalue weighted by Gasteiger charge is 2.20. The average Bonchev–Trinajstić information content (AvgIpc) is 3.26. The van der Waals surface area contributed by atoms with Crippen molar-refractivity contribution in [2.75, 3.05) is 13.7 Å². The molecule has 0 amide bonds. The minimum absolute atomic E-state index is 0.309. The molecule has 0 aliphatic heterocycles. The van der Waals surface area contributed by atoms with Crippen LogP contribution in [0, 0.1) is 0 Å². The number of nitrogens with one attached hydrogen (secondary N) is 1. The van der Waals surface area contributed by atoms with Crippen LogP contribution in [-0.4, -0.2) is 39.7 Å². The molecular weight excluding hydrogens is 320 g/mol. The normalized spacial score (nSPS) is 11.1. The lowest BCUT2D eigenvalue weighted by atomic mass is 10.1. The molecule has 0 bridgehead atoms. The third-order valence-electron chi connectivity index (χ3n) is 4.07. The summed E-state index contributed by atoms with van der Waals surface area (Å²) in [4.78, 5) is 12.4. The summed E-state index contributed by atoms with van der Waals surface area (Å²) in [6.07, 6.45) is 1.69. The Balaban J connectivity index is 2.01. The Kier molecular flexibility index (Phi) is 3.61. The molecule has 0 radical (unpaired) electrons. The van der Waals surface area contributed by atoms with Crippen LogP contribution in [-0.2, 0) is 4.74 Å². The molecule has 2 aromatic carbocycles. The highest BCUT2D eigenvalue weighted by molar-refractivity contribution is 6.11. The summed E-state index contributed by atoms with van der Waals surface area (Å²) in [5.41, 5.74) is 2.85. The molecule has 0 spiro atoms. The van der Waals surface area contributed by atoms with Crippen molar-refractivity contribution in [2.24, 2.45) is 0 Å². The van der Waals surface area contributed by atoms with Gasteiger partial charge in [-0.2, -0.15) is 10.2 Å². The summed E-state index contributed by atoms with van der Waals surface area (Å²) in [7, 11) is 1.62. The van der Waals surface area contributed by atoms with Crippen LogP contribution in [0.4, 0.5) is 0 Å². The number of fused-ring (bicyclic) bond motifs is 3. The lowest BCUT2D eigenvalue weighted by Crippen LogP contribution is -2.07. The number of nitrogens with zero attached hydrogens (tertiary/aromatic N) is 3. The van der Waals surface area contributed by atoms with Crippen molar-refractivity contribution >= 4 is 27.8 Å². The van der Waals surface area contributed by atoms with Crippen LogP contribution in [0.1, 0.15) is 17.4 Å². The molecule has 7 nitrogen and oxygen atoms in total. The second kappa shape index (κ2) is 5.94. The average molecular weight is 336 g/mol. The number of ether oxygens (including phenoxy) is 2. The molecule has 7 heteroatoms. The summed E-state index contributed by atoms with van der Waals surface area (Å²) < 4.78 is 12.2. The van der Waals surface area contributed by atoms with Crippen molar-refractivity contribution in [2.45, 2.75) is 6.92 Å². The van der Waals surface area contributed by atoms with E-state index < -0.39 is 5.97 Å². The zero-order chi connectivity index (χ0) is 17.4. The molecule has 2 aromatic heterocycles. The van der Waals surface area contributed by atoms with Gasteiger partial charge in [0.05, 0.1) is 36.6 Å². The minimum Gasteiger partial charge on any atom is -0.497 e. The SMILES string of the molecule is CCOC(=O)c1[nH]n(-c2ccc(OC)cc2)c2c1ccc1nncc12. The van der Waals surface area contributed by atoms with E-state index in [9.17, 15) is 4.79 Å². The summed E-state index contributed by atoms with van der Waals surface area (Å²) in [5.74, 6) is 0.360. The lowest BCUT2D eigenvalue weighted by Gasteiger charge is -2.07. The van der Waals surface area contributed by atoms with Crippen LogP contribution in [0.5, 0.6) is 5.75 Å². The van der Waals surface area contributed by atoms with Gasteiger partial charge in [0.2, 0.25) is 0 Å². The Labute approximate surface area is 143 Å². The molecule has 1 N–H and O–H groups in total. The maximum Gasteiger partial charge on any atom is 0.356 e. The fraction of sp³-hybridized carbons (Fsp3) is 0.167. The van der Waals surface area contributed by atoms with Crippen molar-refractivity contribution in [1.29, 1.82) is 0 Å². The van der Waals surface area contributed by atoms with Gasteiger partial charge in [0.15, 0.2) is 0 Å². The summed E-state index contributed by atoms with van der Waals surface area (Å²) in [6.45, 7) is 2.09. The molecule has 126 valence electrons. The van der Waals surface area contributed by atoms with Gasteiger partial charge in [-0.15, -0.1) is 0 Å². The maximum absolute atomic E-state index is 12.4. The van der Waals surface area contributed by atoms with E-state index in [0.29, 0.717) is 12.3 Å². The lowest BCUT2D eigenvalue weighted by molar-refractivity contribution is 0.0521. The van der Waals surface area contributed by atoms with Gasteiger partial charge in [-0.3, -0.25) is 9.78 Å². The Morgan fingerprint density at radius 2 is 1.96 bits per heavy atom. The van der Waals surface area contributed by atoms with Gasteiger partial charge in [0.25, 0.3) is 0 Å². The zero-order valence-electron chi connectivity index (χ0n) is 13.8. The van der Waals surface area contributed by atoms with Crippen molar-refractivity contribution in [1.82, 2.24) is 20.0 Å². The molecule has 25 heavy (non-hydrogen) atoms. The minimum atomic E-state index is -0.397. The first-order valence-electron chi connectivity index (χ1n) is 7.89. The second-order valence-corrected chi connectivity index (χ2v) is 5.48. The van der Waals surface area contributed by atoms with Gasteiger partial charge < -0.3 is 9.47 Å². The zero-order valence-corrected chi connectivity index (χ0v) is 13.8. The summed E-state index contributed by atoms with van der Waals surface area (Å²) >= 11 is 0. The van der Waals surface area contributed by atoms with Gasteiger partial charge >= 0.3 is 5.97 Å². The third kappa shape index (κ3) is 2.40. The number of carbonyl (C=O) groups excluding carboxylic acids is 1. The molecule has 0 aliphatic carbocycles. The predicted molar refractivity (Wildman–Crippen MR) is 93.2 cm³/mol. The van der Waals surface area contributed by atoms with E-state index in [1.54, 1.807) is 20.2 Å². The number of esters is 1. The van der Waals surface area contributed by atoms with Gasteiger partial charge in [-0.1, -0.05) is 0 Å². The largest absolute Gasteiger partial charge is 0.497 e. The Bertz CT molecular complexity index is 1060. The van der Waals surface area contributed by atoms with Crippen LogP contribution in [0.15, 0.2) is 42.6 Å². The van der Waals surface area contributed by atoms with Gasteiger partial charge in [-0.05, 0) is 43.3 Å². The fourth-order valence-corrected chi connectivity index (χ4v) is 2.92. The molecule has 0 saturated heterocycles. The molecule has 0 unspecified atom stereocenters. The number of H-pyrrole nitrogens is 1. The van der Waals surface area contributed by atoms with Crippen molar-refractivity contribution < 1.29 is 14.3 Å². The predicted octanol–water partition coefficient (Wildman–Crippen LogP) is 3.09. The quantitative estimate of drug-likeness (QED) is 0.579. The molecule has 0 saturated carbocycles. The van der Waals surface area contributed by atoms with E-state index in [0.717, 1.165) is 33.2 Å². The van der Waals surface area contributed by atoms with Crippen LogP contribution < -0.4 is 4.74 Å². The van der Waals surface area contributed by atoms with E-state index in [4.69, 9.17) is 9.47 Å². The first kappa shape index (κ1) is 15.2. The number of carbonyl (C=O) groups is 1. The molecular formula is C18H16N4O3. The molecule has 4 aromatic rings. The Morgan fingerprint density at radius 3 is 2.68 bits per heavy atom. The van der Waals surface area contributed by atoms with Crippen LogP contribution >= 0.6 is 0 Å². The number of methoxy groups -OCH3 is 1. The monoisotopic (exact) mass is 336 g/mol. The number of aromatic amines is 1. The Hall–Kier alpha value is -3.35. The molecule has 0 fully saturated rings. The standard InChI is InChI=1S/C18H16N4O3/c1-3-25-18(23)16-13-8-9-15-14(10-19-20-15)17(13)22(21-16)11-4-6-12(24-2)7-5-11/h4-10,21H,3H2,1-2H3.